The molecule has 4 rings (SSSR count). The smallest absolute Gasteiger partial charge is 0.204 e. The number of anilines is 3. The maximum Gasteiger partial charge on any atom is 0.204 e. The van der Waals surface area contributed by atoms with Crippen molar-refractivity contribution in [2.45, 2.75) is 47.0 Å². The summed E-state index contributed by atoms with van der Waals surface area (Å²) in [7, 11) is 0. The molecule has 0 unspecified atom stereocenters. The van der Waals surface area contributed by atoms with Gasteiger partial charge in [0, 0.05) is 36.2 Å². The van der Waals surface area contributed by atoms with E-state index in [9.17, 15) is 4.79 Å². The Hall–Kier alpha value is -3.54. The fraction of sp³-hybridized carbons (Fsp3) is 0.333. The number of ketones is 1. The van der Waals surface area contributed by atoms with Gasteiger partial charge in [-0.25, -0.2) is 4.99 Å². The van der Waals surface area contributed by atoms with Gasteiger partial charge >= 0.3 is 0 Å². The summed E-state index contributed by atoms with van der Waals surface area (Å²) >= 11 is 0. The van der Waals surface area contributed by atoms with E-state index in [1.807, 2.05) is 58.0 Å². The van der Waals surface area contributed by atoms with Crippen LogP contribution >= 0.6 is 0 Å². The molecule has 0 radical (unpaired) electrons. The average molecular weight is 444 g/mol. The van der Waals surface area contributed by atoms with Crippen molar-refractivity contribution >= 4 is 34.2 Å². The quantitative estimate of drug-likeness (QED) is 0.451. The van der Waals surface area contributed by atoms with Crippen LogP contribution in [0, 0.1) is 27.7 Å². The number of allylic oxidation sites excluding steroid dienone is 2. The Labute approximate surface area is 196 Å². The molecule has 0 atom stereocenters. The minimum absolute atomic E-state index is 0.0476. The van der Waals surface area contributed by atoms with Crippen LogP contribution in [-0.4, -0.2) is 29.5 Å². The van der Waals surface area contributed by atoms with E-state index < -0.39 is 0 Å². The summed E-state index contributed by atoms with van der Waals surface area (Å²) < 4.78 is 0. The number of hydrogen-bond acceptors (Lipinski definition) is 6. The molecule has 2 aromatic rings. The van der Waals surface area contributed by atoms with Gasteiger partial charge in [0.2, 0.25) is 5.78 Å². The van der Waals surface area contributed by atoms with Gasteiger partial charge in [0.25, 0.3) is 0 Å². The normalized spacial score (nSPS) is 17.8. The molecular weight excluding hydrogens is 410 g/mol. The Morgan fingerprint density at radius 2 is 1.45 bits per heavy atom. The second kappa shape index (κ2) is 9.14. The summed E-state index contributed by atoms with van der Waals surface area (Å²) in [5, 5.41) is 3.33. The molecule has 1 heterocycles. The molecule has 0 spiro atoms. The molecule has 0 saturated carbocycles. The van der Waals surface area contributed by atoms with E-state index in [-0.39, 0.29) is 5.78 Å². The molecule has 1 aliphatic heterocycles. The lowest BCUT2D eigenvalue weighted by molar-refractivity contribution is -0.111. The van der Waals surface area contributed by atoms with Crippen LogP contribution in [0.3, 0.4) is 0 Å². The van der Waals surface area contributed by atoms with Gasteiger partial charge in [0.1, 0.15) is 0 Å². The molecule has 2 aliphatic rings. The highest BCUT2D eigenvalue weighted by molar-refractivity contribution is 6.23. The molecule has 0 aromatic heterocycles. The lowest BCUT2D eigenvalue weighted by atomic mass is 10.00. The van der Waals surface area contributed by atoms with Crippen molar-refractivity contribution in [2.24, 2.45) is 4.99 Å². The fourth-order valence-corrected chi connectivity index (χ4v) is 4.33. The van der Waals surface area contributed by atoms with Crippen molar-refractivity contribution in [3.63, 3.8) is 0 Å². The lowest BCUT2D eigenvalue weighted by Crippen LogP contribution is -2.35. The van der Waals surface area contributed by atoms with Gasteiger partial charge < -0.3 is 21.7 Å². The number of benzene rings is 2. The largest absolute Gasteiger partial charge is 0.399 e. The predicted octanol–water partition coefficient (Wildman–Crippen LogP) is 5.11. The number of rotatable bonds is 4. The molecule has 33 heavy (non-hydrogen) atoms. The summed E-state index contributed by atoms with van der Waals surface area (Å²) in [6, 6.07) is 7.62. The third-order valence-corrected chi connectivity index (χ3v) is 6.91. The van der Waals surface area contributed by atoms with Gasteiger partial charge in [0.05, 0.1) is 22.8 Å². The summed E-state index contributed by atoms with van der Waals surface area (Å²) in [5.41, 5.74) is 21.7. The molecule has 5 N–H and O–H groups in total. The van der Waals surface area contributed by atoms with E-state index in [0.717, 1.165) is 82.3 Å². The highest BCUT2D eigenvalue weighted by Gasteiger charge is 2.25. The zero-order chi connectivity index (χ0) is 23.7. The van der Waals surface area contributed by atoms with E-state index in [2.05, 4.69) is 10.2 Å². The Morgan fingerprint density at radius 1 is 0.818 bits per heavy atom. The highest BCUT2D eigenvalue weighted by atomic mass is 16.1. The monoisotopic (exact) mass is 443 g/mol. The zero-order valence-electron chi connectivity index (χ0n) is 20.0. The van der Waals surface area contributed by atoms with Crippen molar-refractivity contribution in [1.29, 1.82) is 0 Å². The molecule has 2 aromatic carbocycles. The average Bonchev–Trinajstić information content (AvgIpc) is 2.82. The number of nitrogens with two attached hydrogens (primary N) is 2. The van der Waals surface area contributed by atoms with Crippen LogP contribution in [0.1, 0.15) is 41.5 Å². The van der Waals surface area contributed by atoms with Crippen LogP contribution in [0.5, 0.6) is 0 Å². The molecular formula is C27H33N5O. The Kier molecular flexibility index (Phi) is 6.27. The van der Waals surface area contributed by atoms with E-state index in [0.29, 0.717) is 5.70 Å². The maximum atomic E-state index is 13.1. The van der Waals surface area contributed by atoms with Gasteiger partial charge in [0.15, 0.2) is 0 Å². The first-order valence-corrected chi connectivity index (χ1v) is 11.6. The van der Waals surface area contributed by atoms with Crippen LogP contribution in [-0.2, 0) is 4.79 Å². The number of carbonyl (C=O) groups excluding carboxylic acids is 1. The SMILES string of the molecule is Cc1c(N)ccc(/N=C2\C=C(Nc3ccc(N)c(C)c3C)C(=O)C=C2N2CCCCC2)c1C. The predicted molar refractivity (Wildman–Crippen MR) is 138 cm³/mol. The summed E-state index contributed by atoms with van der Waals surface area (Å²) in [5.74, 6) is -0.0476. The number of hydrogen-bond donors (Lipinski definition) is 3. The van der Waals surface area contributed by atoms with Crippen LogP contribution in [0.25, 0.3) is 0 Å². The number of nitrogens with one attached hydrogen (secondary N) is 1. The topological polar surface area (TPSA) is 96.7 Å². The standard InChI is InChI=1S/C27H33N5O/c1-16-18(3)22(10-8-20(16)28)30-24-14-25(31-23-11-9-21(29)17(2)19(23)4)27(33)15-26(24)32-12-6-5-7-13-32/h8-11,14-15,31H,5-7,12-13,28-29H2,1-4H3/b30-24+. The zero-order valence-corrected chi connectivity index (χ0v) is 20.0. The van der Waals surface area contributed by atoms with Gasteiger partial charge in [-0.15, -0.1) is 0 Å². The van der Waals surface area contributed by atoms with Crippen LogP contribution in [0.4, 0.5) is 22.7 Å². The first-order valence-electron chi connectivity index (χ1n) is 11.6. The van der Waals surface area contributed by atoms with Crippen molar-refractivity contribution in [1.82, 2.24) is 4.90 Å². The lowest BCUT2D eigenvalue weighted by Gasteiger charge is -2.32. The summed E-state index contributed by atoms with van der Waals surface area (Å²) in [6.07, 6.45) is 7.07. The number of nitrogens with zero attached hydrogens (tertiary/aromatic N) is 2. The Morgan fingerprint density at radius 3 is 2.15 bits per heavy atom. The molecule has 172 valence electrons. The highest BCUT2D eigenvalue weighted by Crippen LogP contribution is 2.30. The number of carbonyl (C=O) groups is 1. The van der Waals surface area contributed by atoms with Crippen LogP contribution < -0.4 is 16.8 Å². The van der Waals surface area contributed by atoms with Crippen molar-refractivity contribution < 1.29 is 4.79 Å². The molecule has 1 aliphatic carbocycles. The van der Waals surface area contributed by atoms with E-state index >= 15 is 0 Å². The molecule has 6 heteroatoms. The number of nitrogen functional groups attached to an aromatic ring is 2. The van der Waals surface area contributed by atoms with E-state index in [1.54, 1.807) is 6.08 Å². The van der Waals surface area contributed by atoms with E-state index in [4.69, 9.17) is 16.5 Å². The molecule has 6 nitrogen and oxygen atoms in total. The second-order valence-corrected chi connectivity index (χ2v) is 9.00. The number of piperidine rings is 1. The summed E-state index contributed by atoms with van der Waals surface area (Å²) in [4.78, 5) is 20.5. The summed E-state index contributed by atoms with van der Waals surface area (Å²) in [6.45, 7) is 9.91. The minimum Gasteiger partial charge on any atom is -0.399 e. The third-order valence-electron chi connectivity index (χ3n) is 6.91. The van der Waals surface area contributed by atoms with Crippen LogP contribution in [0.15, 0.2) is 52.8 Å². The number of aliphatic imine (C=N–C) groups is 1. The van der Waals surface area contributed by atoms with Crippen LogP contribution in [0.2, 0.25) is 0 Å². The number of likely N-dealkylation sites (tertiary alicyclic amines) is 1. The van der Waals surface area contributed by atoms with Crippen molar-refractivity contribution in [2.75, 3.05) is 29.9 Å². The van der Waals surface area contributed by atoms with Gasteiger partial charge in [-0.05, 0) is 99.6 Å². The van der Waals surface area contributed by atoms with Gasteiger partial charge in [-0.3, -0.25) is 4.79 Å². The minimum atomic E-state index is -0.0476. The van der Waals surface area contributed by atoms with E-state index in [1.165, 1.54) is 6.42 Å². The first kappa shape index (κ1) is 22.6. The maximum absolute atomic E-state index is 13.1. The molecule has 1 saturated heterocycles. The fourth-order valence-electron chi connectivity index (χ4n) is 4.33. The second-order valence-electron chi connectivity index (χ2n) is 9.00. The Bertz CT molecular complexity index is 1200. The van der Waals surface area contributed by atoms with Gasteiger partial charge in [-0.1, -0.05) is 0 Å². The van der Waals surface area contributed by atoms with Gasteiger partial charge in [-0.2, -0.15) is 0 Å². The van der Waals surface area contributed by atoms with Crippen molar-refractivity contribution in [3.05, 3.63) is 70.1 Å². The Balaban J connectivity index is 1.77. The molecule has 1 fully saturated rings. The molecule has 0 bridgehead atoms. The third kappa shape index (κ3) is 4.51. The first-order chi connectivity index (χ1) is 15.8. The molecule has 0 amide bonds. The van der Waals surface area contributed by atoms with Crippen molar-refractivity contribution in [3.8, 4) is 0 Å².